The van der Waals surface area contributed by atoms with E-state index in [0.717, 1.165) is 6.07 Å². The van der Waals surface area contributed by atoms with E-state index in [2.05, 4.69) is 0 Å². The lowest BCUT2D eigenvalue weighted by atomic mass is 10.1. The first-order valence-electron chi connectivity index (χ1n) is 4.74. The fraction of sp³-hybridized carbons (Fsp3) is 0.273. The van der Waals surface area contributed by atoms with E-state index in [1.54, 1.807) is 6.07 Å². The maximum atomic E-state index is 13.4. The van der Waals surface area contributed by atoms with Crippen molar-refractivity contribution in [1.29, 1.82) is 5.26 Å². The summed E-state index contributed by atoms with van der Waals surface area (Å²) in [6.07, 6.45) is 0. The van der Waals surface area contributed by atoms with Gasteiger partial charge in [-0.3, -0.25) is 9.00 Å². The average Bonchev–Trinajstić information content (AvgIpc) is 2.30. The van der Waals surface area contributed by atoms with Gasteiger partial charge < -0.3 is 5.11 Å². The third-order valence-electron chi connectivity index (χ3n) is 2.22. The third-order valence-corrected chi connectivity index (χ3v) is 3.81. The maximum Gasteiger partial charge on any atom is 0.318 e. The Balaban J connectivity index is 2.87. The lowest BCUT2D eigenvalue weighted by Crippen LogP contribution is -2.23. The molecule has 0 amide bonds. The Hall–Kier alpha value is -1.74. The van der Waals surface area contributed by atoms with Gasteiger partial charge in [0.15, 0.2) is 0 Å². The molecule has 2 unspecified atom stereocenters. The van der Waals surface area contributed by atoms with Crippen molar-refractivity contribution in [2.45, 2.75) is 17.9 Å². The van der Waals surface area contributed by atoms with Crippen molar-refractivity contribution in [3.05, 3.63) is 35.1 Å². The molecule has 1 aromatic rings. The van der Waals surface area contributed by atoms with Gasteiger partial charge in [0.05, 0.1) is 17.4 Å². The summed E-state index contributed by atoms with van der Waals surface area (Å²) in [6, 6.07) is 5.57. The van der Waals surface area contributed by atoms with Crippen LogP contribution in [0.4, 0.5) is 4.39 Å². The van der Waals surface area contributed by atoms with Crippen molar-refractivity contribution in [2.24, 2.45) is 0 Å². The zero-order chi connectivity index (χ0) is 13.0. The van der Waals surface area contributed by atoms with Crippen LogP contribution >= 0.6 is 0 Å². The summed E-state index contributed by atoms with van der Waals surface area (Å²) >= 11 is 0. The molecule has 0 heterocycles. The van der Waals surface area contributed by atoms with E-state index in [-0.39, 0.29) is 16.9 Å². The largest absolute Gasteiger partial charge is 0.480 e. The number of aliphatic carboxylic acids is 1. The van der Waals surface area contributed by atoms with Crippen LogP contribution in [0.15, 0.2) is 18.2 Å². The summed E-state index contributed by atoms with van der Waals surface area (Å²) in [5.41, 5.74) is 0.318. The van der Waals surface area contributed by atoms with E-state index >= 15 is 0 Å². The first-order valence-corrected chi connectivity index (χ1v) is 6.12. The molecule has 17 heavy (non-hydrogen) atoms. The molecule has 1 rings (SSSR count). The van der Waals surface area contributed by atoms with Crippen LogP contribution in [0.5, 0.6) is 0 Å². The number of benzene rings is 1. The summed E-state index contributed by atoms with van der Waals surface area (Å²) in [7, 11) is -1.69. The molecule has 0 aliphatic rings. The molecule has 0 aliphatic carbocycles. The van der Waals surface area contributed by atoms with E-state index in [9.17, 15) is 13.4 Å². The Morgan fingerprint density at radius 2 is 2.29 bits per heavy atom. The summed E-state index contributed by atoms with van der Waals surface area (Å²) in [6.45, 7) is 1.31. The summed E-state index contributed by atoms with van der Waals surface area (Å²) in [4.78, 5) is 10.6. The van der Waals surface area contributed by atoms with Gasteiger partial charge in [0.1, 0.15) is 11.1 Å². The number of nitriles is 1. The number of nitrogens with zero attached hydrogens (tertiary/aromatic N) is 1. The zero-order valence-electron chi connectivity index (χ0n) is 9.01. The minimum atomic E-state index is -1.69. The third kappa shape index (κ3) is 3.36. The van der Waals surface area contributed by atoms with Gasteiger partial charge in [-0.2, -0.15) is 5.26 Å². The lowest BCUT2D eigenvalue weighted by Gasteiger charge is -2.07. The van der Waals surface area contributed by atoms with Crippen molar-refractivity contribution >= 4 is 16.8 Å². The van der Waals surface area contributed by atoms with E-state index in [0.29, 0.717) is 0 Å². The Morgan fingerprint density at radius 3 is 2.76 bits per heavy atom. The Morgan fingerprint density at radius 1 is 1.65 bits per heavy atom. The van der Waals surface area contributed by atoms with Gasteiger partial charge in [0, 0.05) is 16.4 Å². The van der Waals surface area contributed by atoms with Crippen LogP contribution in [0.25, 0.3) is 0 Å². The molecular formula is C11H10FNO3S. The number of hydrogen-bond donors (Lipinski definition) is 1. The smallest absolute Gasteiger partial charge is 0.318 e. The molecule has 0 aliphatic heterocycles. The molecule has 2 atom stereocenters. The molecule has 0 bridgehead atoms. The van der Waals surface area contributed by atoms with Crippen LogP contribution in [0.1, 0.15) is 18.1 Å². The molecule has 0 saturated carbocycles. The average molecular weight is 255 g/mol. The Kier molecular flexibility index (Phi) is 4.35. The van der Waals surface area contributed by atoms with Gasteiger partial charge in [-0.05, 0) is 19.1 Å². The van der Waals surface area contributed by atoms with Crippen LogP contribution in [0.2, 0.25) is 0 Å². The number of carboxylic acids is 1. The highest BCUT2D eigenvalue weighted by Gasteiger charge is 2.20. The summed E-state index contributed by atoms with van der Waals surface area (Å²) in [5, 5.41) is 16.1. The number of hydrogen-bond acceptors (Lipinski definition) is 3. The van der Waals surface area contributed by atoms with Crippen LogP contribution in [-0.2, 0) is 21.3 Å². The van der Waals surface area contributed by atoms with Gasteiger partial charge in [-0.25, -0.2) is 4.39 Å². The second-order valence-corrected chi connectivity index (χ2v) is 5.18. The van der Waals surface area contributed by atoms with Crippen molar-refractivity contribution in [3.63, 3.8) is 0 Å². The molecule has 6 heteroatoms. The predicted octanol–water partition coefficient (Wildman–Crippen LogP) is 1.42. The summed E-state index contributed by atoms with van der Waals surface area (Å²) < 4.78 is 25.0. The highest BCUT2D eigenvalue weighted by atomic mass is 32.2. The second-order valence-electron chi connectivity index (χ2n) is 3.42. The molecule has 0 saturated heterocycles. The van der Waals surface area contributed by atoms with E-state index in [1.165, 1.54) is 19.1 Å². The number of rotatable bonds is 4. The van der Waals surface area contributed by atoms with Crippen molar-refractivity contribution in [1.82, 2.24) is 0 Å². The minimum absolute atomic E-state index is 0.149. The SMILES string of the molecule is CC(C(=O)O)S(=O)Cc1ccc(C#N)cc1F. The lowest BCUT2D eigenvalue weighted by molar-refractivity contribution is -0.136. The maximum absolute atomic E-state index is 13.4. The molecule has 0 radical (unpaired) electrons. The van der Waals surface area contributed by atoms with E-state index in [1.807, 2.05) is 0 Å². The molecular weight excluding hydrogens is 245 g/mol. The predicted molar refractivity (Wildman–Crippen MR) is 60.1 cm³/mol. The van der Waals surface area contributed by atoms with Gasteiger partial charge in [-0.15, -0.1) is 0 Å². The van der Waals surface area contributed by atoms with Crippen LogP contribution in [0, 0.1) is 17.1 Å². The molecule has 1 N–H and O–H groups in total. The van der Waals surface area contributed by atoms with Crippen LogP contribution < -0.4 is 0 Å². The van der Waals surface area contributed by atoms with Crippen molar-refractivity contribution in [3.8, 4) is 6.07 Å². The number of halogens is 1. The van der Waals surface area contributed by atoms with Crippen molar-refractivity contribution in [2.75, 3.05) is 0 Å². The minimum Gasteiger partial charge on any atom is -0.480 e. The van der Waals surface area contributed by atoms with E-state index in [4.69, 9.17) is 10.4 Å². The fourth-order valence-corrected chi connectivity index (χ4v) is 2.14. The standard InChI is InChI=1S/C11H10FNO3S/c1-7(11(14)15)17(16)6-9-3-2-8(5-13)4-10(9)12/h2-4,7H,6H2,1H3,(H,14,15). The molecule has 0 fully saturated rings. The van der Waals surface area contributed by atoms with Crippen molar-refractivity contribution < 1.29 is 18.5 Å². The number of carboxylic acid groups (broad SMARTS) is 1. The molecule has 4 nitrogen and oxygen atoms in total. The first kappa shape index (κ1) is 13.3. The van der Waals surface area contributed by atoms with Crippen LogP contribution in [0.3, 0.4) is 0 Å². The topological polar surface area (TPSA) is 78.2 Å². The first-order chi connectivity index (χ1) is 7.95. The van der Waals surface area contributed by atoms with Gasteiger partial charge in [0.2, 0.25) is 0 Å². The van der Waals surface area contributed by atoms with Gasteiger partial charge >= 0.3 is 5.97 Å². The highest BCUT2D eigenvalue weighted by Crippen LogP contribution is 2.14. The molecule has 0 spiro atoms. The van der Waals surface area contributed by atoms with Crippen LogP contribution in [-0.4, -0.2) is 20.5 Å². The Labute approximate surface area is 100 Å². The molecule has 90 valence electrons. The van der Waals surface area contributed by atoms with Gasteiger partial charge in [-0.1, -0.05) is 6.07 Å². The molecule has 1 aromatic carbocycles. The monoisotopic (exact) mass is 255 g/mol. The molecule has 0 aromatic heterocycles. The number of carbonyl (C=O) groups is 1. The fourth-order valence-electron chi connectivity index (χ4n) is 1.12. The van der Waals surface area contributed by atoms with Gasteiger partial charge in [0.25, 0.3) is 0 Å². The van der Waals surface area contributed by atoms with E-state index < -0.39 is 27.8 Å². The summed E-state index contributed by atoms with van der Waals surface area (Å²) in [5.74, 6) is -2.00. The second kappa shape index (κ2) is 5.55. The normalized spacial score (nSPS) is 13.7. The highest BCUT2D eigenvalue weighted by molar-refractivity contribution is 7.85. The Bertz CT molecular complexity index is 510. The zero-order valence-corrected chi connectivity index (χ0v) is 9.83. The quantitative estimate of drug-likeness (QED) is 0.882.